The van der Waals surface area contributed by atoms with E-state index in [4.69, 9.17) is 4.74 Å². The maximum absolute atomic E-state index is 12.8. The highest BCUT2D eigenvalue weighted by molar-refractivity contribution is 5.91. The van der Waals surface area contributed by atoms with Gasteiger partial charge in [0.2, 0.25) is 0 Å². The van der Waals surface area contributed by atoms with Crippen LogP contribution in [0.5, 0.6) is 5.75 Å². The summed E-state index contributed by atoms with van der Waals surface area (Å²) in [5, 5.41) is 22.2. The molecule has 6 heteroatoms. The van der Waals surface area contributed by atoms with Gasteiger partial charge in [0.15, 0.2) is 0 Å². The molecule has 3 aromatic carbocycles. The minimum Gasteiger partial charge on any atom is -0.423 e. The smallest absolute Gasteiger partial charge is 0.343 e. The molecular formula is C32H40N2O4. The first-order valence-electron chi connectivity index (χ1n) is 13.7. The normalized spacial score (nSPS) is 17.2. The van der Waals surface area contributed by atoms with Crippen LogP contribution < -0.4 is 4.74 Å². The SMILES string of the molecule is CCN(CC)Cc1cccc(C(=O)Oc2ccc([C@H](O)[C@H](C)N3CCC(O)(c4ccccc4)CC3)cc2)c1. The molecule has 0 saturated carbocycles. The summed E-state index contributed by atoms with van der Waals surface area (Å²) in [5.74, 6) is 0.0472. The zero-order valence-electron chi connectivity index (χ0n) is 22.7. The number of aliphatic hydroxyl groups is 2. The Morgan fingerprint density at radius 1 is 0.974 bits per heavy atom. The molecule has 3 aromatic rings. The Hall–Kier alpha value is -3.03. The number of carbonyl (C=O) groups excluding carboxylic acids is 1. The molecule has 1 saturated heterocycles. The Labute approximate surface area is 226 Å². The minimum atomic E-state index is -0.821. The standard InChI is InChI=1S/C32H40N2O4/c1-4-33(5-2)23-25-10-9-11-27(22-25)31(36)38-29-16-14-26(15-17-29)30(35)24(3)34-20-18-32(37,19-21-34)28-12-7-6-8-13-28/h6-17,22,24,30,35,37H,4-5,18-21,23H2,1-3H3/t24-,30+/m0/s1. The van der Waals surface area contributed by atoms with E-state index in [9.17, 15) is 15.0 Å². The first-order valence-corrected chi connectivity index (χ1v) is 13.7. The Kier molecular flexibility index (Phi) is 9.34. The fraction of sp³-hybridized carbons (Fsp3) is 0.406. The molecule has 0 amide bonds. The predicted molar refractivity (Wildman–Crippen MR) is 150 cm³/mol. The zero-order valence-corrected chi connectivity index (χ0v) is 22.7. The molecule has 1 aliphatic heterocycles. The van der Waals surface area contributed by atoms with E-state index in [1.165, 1.54) is 0 Å². The van der Waals surface area contributed by atoms with Gasteiger partial charge in [-0.25, -0.2) is 4.79 Å². The molecule has 0 unspecified atom stereocenters. The van der Waals surface area contributed by atoms with Gasteiger partial charge in [0.25, 0.3) is 0 Å². The van der Waals surface area contributed by atoms with Gasteiger partial charge < -0.3 is 14.9 Å². The van der Waals surface area contributed by atoms with E-state index in [1.54, 1.807) is 18.2 Å². The van der Waals surface area contributed by atoms with E-state index in [0.717, 1.165) is 36.3 Å². The predicted octanol–water partition coefficient (Wildman–Crippen LogP) is 5.15. The van der Waals surface area contributed by atoms with E-state index in [2.05, 4.69) is 23.6 Å². The van der Waals surface area contributed by atoms with Crippen LogP contribution in [0.3, 0.4) is 0 Å². The van der Waals surface area contributed by atoms with Crippen molar-refractivity contribution >= 4 is 5.97 Å². The zero-order chi connectivity index (χ0) is 27.1. The molecule has 0 aromatic heterocycles. The fourth-order valence-electron chi connectivity index (χ4n) is 5.22. The summed E-state index contributed by atoms with van der Waals surface area (Å²) in [6.07, 6.45) is 0.553. The molecule has 2 N–H and O–H groups in total. The lowest BCUT2D eigenvalue weighted by Crippen LogP contribution is -2.47. The van der Waals surface area contributed by atoms with Crippen LogP contribution in [0.4, 0.5) is 0 Å². The molecule has 1 aliphatic rings. The monoisotopic (exact) mass is 516 g/mol. The fourth-order valence-corrected chi connectivity index (χ4v) is 5.22. The number of aliphatic hydroxyl groups excluding tert-OH is 1. The lowest BCUT2D eigenvalue weighted by molar-refractivity contribution is -0.0501. The summed E-state index contributed by atoms with van der Waals surface area (Å²) in [6, 6.07) is 24.4. The number of hydrogen-bond acceptors (Lipinski definition) is 6. The Bertz CT molecular complexity index is 1170. The van der Waals surface area contributed by atoms with E-state index in [1.807, 2.05) is 67.6 Å². The van der Waals surface area contributed by atoms with Crippen molar-refractivity contribution in [2.75, 3.05) is 26.2 Å². The largest absolute Gasteiger partial charge is 0.423 e. The molecule has 2 atom stereocenters. The van der Waals surface area contributed by atoms with Crippen molar-refractivity contribution in [2.45, 2.75) is 57.9 Å². The molecular weight excluding hydrogens is 476 g/mol. The quantitative estimate of drug-likeness (QED) is 0.287. The maximum atomic E-state index is 12.8. The highest BCUT2D eigenvalue weighted by Crippen LogP contribution is 2.35. The number of nitrogens with zero attached hydrogens (tertiary/aromatic N) is 2. The number of benzene rings is 3. The Balaban J connectivity index is 1.33. The summed E-state index contributed by atoms with van der Waals surface area (Å²) in [5.41, 5.74) is 2.50. The second kappa shape index (κ2) is 12.7. The van der Waals surface area contributed by atoms with Crippen molar-refractivity contribution in [3.8, 4) is 5.75 Å². The van der Waals surface area contributed by atoms with E-state index >= 15 is 0 Å². The highest BCUT2D eigenvalue weighted by Gasteiger charge is 2.36. The van der Waals surface area contributed by atoms with E-state index < -0.39 is 17.7 Å². The second-order valence-electron chi connectivity index (χ2n) is 10.2. The third kappa shape index (κ3) is 6.69. The van der Waals surface area contributed by atoms with Crippen LogP contribution in [0, 0.1) is 0 Å². The number of esters is 1. The van der Waals surface area contributed by atoms with Gasteiger partial charge >= 0.3 is 5.97 Å². The van der Waals surface area contributed by atoms with Gasteiger partial charge in [0, 0.05) is 25.7 Å². The second-order valence-corrected chi connectivity index (χ2v) is 10.2. The first-order chi connectivity index (χ1) is 18.3. The molecule has 38 heavy (non-hydrogen) atoms. The average Bonchev–Trinajstić information content (AvgIpc) is 2.96. The van der Waals surface area contributed by atoms with Gasteiger partial charge in [-0.2, -0.15) is 0 Å². The summed E-state index contributed by atoms with van der Waals surface area (Å²) in [4.78, 5) is 17.3. The molecule has 1 heterocycles. The number of carbonyl (C=O) groups is 1. The third-order valence-electron chi connectivity index (χ3n) is 7.86. The highest BCUT2D eigenvalue weighted by atomic mass is 16.5. The summed E-state index contributed by atoms with van der Waals surface area (Å²) in [6.45, 7) is 10.4. The van der Waals surface area contributed by atoms with Gasteiger partial charge in [-0.3, -0.25) is 9.80 Å². The molecule has 0 radical (unpaired) electrons. The first kappa shape index (κ1) is 28.0. The van der Waals surface area contributed by atoms with Crippen LogP contribution in [0.15, 0.2) is 78.9 Å². The van der Waals surface area contributed by atoms with E-state index in [0.29, 0.717) is 37.2 Å². The van der Waals surface area contributed by atoms with Gasteiger partial charge in [-0.05, 0) is 73.8 Å². The van der Waals surface area contributed by atoms with Crippen LogP contribution in [0.25, 0.3) is 0 Å². The van der Waals surface area contributed by atoms with Gasteiger partial charge in [-0.15, -0.1) is 0 Å². The van der Waals surface area contributed by atoms with Gasteiger partial charge in [0.1, 0.15) is 5.75 Å². The molecule has 1 fully saturated rings. The molecule has 0 bridgehead atoms. The lowest BCUT2D eigenvalue weighted by Gasteiger charge is -2.42. The Morgan fingerprint density at radius 2 is 1.63 bits per heavy atom. The van der Waals surface area contributed by atoms with Gasteiger partial charge in [0.05, 0.1) is 17.3 Å². The van der Waals surface area contributed by atoms with Crippen LogP contribution in [0.2, 0.25) is 0 Å². The summed E-state index contributed by atoms with van der Waals surface area (Å²) in [7, 11) is 0. The number of ether oxygens (including phenoxy) is 1. The molecule has 4 rings (SSSR count). The average molecular weight is 517 g/mol. The van der Waals surface area contributed by atoms with Crippen molar-refractivity contribution in [3.63, 3.8) is 0 Å². The van der Waals surface area contributed by atoms with Crippen LogP contribution in [-0.4, -0.2) is 58.2 Å². The molecule has 6 nitrogen and oxygen atoms in total. The number of rotatable bonds is 10. The van der Waals surface area contributed by atoms with Crippen LogP contribution in [0.1, 0.15) is 66.8 Å². The van der Waals surface area contributed by atoms with Crippen LogP contribution >= 0.6 is 0 Å². The summed E-state index contributed by atoms with van der Waals surface area (Å²) < 4.78 is 5.62. The minimum absolute atomic E-state index is 0.114. The molecule has 0 aliphatic carbocycles. The lowest BCUT2D eigenvalue weighted by atomic mass is 9.83. The van der Waals surface area contributed by atoms with Crippen molar-refractivity contribution in [2.24, 2.45) is 0 Å². The molecule has 0 spiro atoms. The Morgan fingerprint density at radius 3 is 2.26 bits per heavy atom. The summed E-state index contributed by atoms with van der Waals surface area (Å²) >= 11 is 0. The van der Waals surface area contributed by atoms with Gasteiger partial charge in [-0.1, -0.05) is 68.4 Å². The van der Waals surface area contributed by atoms with Crippen molar-refractivity contribution < 1.29 is 19.7 Å². The van der Waals surface area contributed by atoms with Crippen molar-refractivity contribution in [1.29, 1.82) is 0 Å². The number of likely N-dealkylation sites (tertiary alicyclic amines) is 1. The molecule has 202 valence electrons. The number of hydrogen-bond donors (Lipinski definition) is 2. The van der Waals surface area contributed by atoms with Crippen LogP contribution in [-0.2, 0) is 12.1 Å². The topological polar surface area (TPSA) is 73.2 Å². The van der Waals surface area contributed by atoms with Crippen molar-refractivity contribution in [3.05, 3.63) is 101 Å². The number of piperidine rings is 1. The maximum Gasteiger partial charge on any atom is 0.343 e. The van der Waals surface area contributed by atoms with Crippen molar-refractivity contribution in [1.82, 2.24) is 9.80 Å². The van der Waals surface area contributed by atoms with E-state index in [-0.39, 0.29) is 6.04 Å². The third-order valence-corrected chi connectivity index (χ3v) is 7.86.